The lowest BCUT2D eigenvalue weighted by Crippen LogP contribution is -1.98. The van der Waals surface area contributed by atoms with Crippen LogP contribution in [0.5, 0.6) is 0 Å². The van der Waals surface area contributed by atoms with Crippen LogP contribution in [0, 0.1) is 0 Å². The predicted octanol–water partition coefficient (Wildman–Crippen LogP) is 2.27. The molecule has 1 unspecified atom stereocenters. The maximum atomic E-state index is 5.43. The Kier molecular flexibility index (Phi) is 4.23. The van der Waals surface area contributed by atoms with E-state index in [0.29, 0.717) is 15.6 Å². The number of benzene rings is 1. The zero-order valence-electron chi connectivity index (χ0n) is 7.45. The summed E-state index contributed by atoms with van der Waals surface area (Å²) < 4.78 is 7.47. The summed E-state index contributed by atoms with van der Waals surface area (Å²) in [5.74, 6) is 0. The fraction of sp³-hybridized carbons (Fsp3) is 0.333. The molecule has 0 heterocycles. The summed E-state index contributed by atoms with van der Waals surface area (Å²) in [7, 11) is 4.45. The zero-order chi connectivity index (χ0) is 8.81. The van der Waals surface area contributed by atoms with Crippen LogP contribution >= 0.6 is 8.96 Å². The molecule has 0 saturated heterocycles. The van der Waals surface area contributed by atoms with Crippen LogP contribution in [0.1, 0.15) is 5.56 Å². The Morgan fingerprint density at radius 2 is 1.92 bits per heavy atom. The van der Waals surface area contributed by atoms with Crippen molar-refractivity contribution in [2.24, 2.45) is 0 Å². The summed E-state index contributed by atoms with van der Waals surface area (Å²) in [6.07, 6.45) is 0. The predicted molar refractivity (Wildman–Crippen MR) is 53.2 cm³/mol. The van der Waals surface area contributed by atoms with E-state index in [4.69, 9.17) is 4.52 Å². The Hall–Kier alpha value is -0.430. The molecule has 0 N–H and O–H groups in total. The Morgan fingerprint density at radius 1 is 1.25 bits per heavy atom. The zero-order valence-corrected chi connectivity index (χ0v) is 8.45. The van der Waals surface area contributed by atoms with Crippen molar-refractivity contribution >= 4 is 8.96 Å². The van der Waals surface area contributed by atoms with Gasteiger partial charge in [-0.3, -0.25) is 4.67 Å². The number of rotatable bonds is 4. The van der Waals surface area contributed by atoms with Gasteiger partial charge in [0, 0.05) is 0 Å². The van der Waals surface area contributed by atoms with Crippen LogP contribution in [0.15, 0.2) is 30.3 Å². The highest BCUT2D eigenvalue weighted by molar-refractivity contribution is 7.29. The van der Waals surface area contributed by atoms with Gasteiger partial charge in [0.2, 0.25) is 0 Å². The molecule has 66 valence electrons. The maximum Gasteiger partial charge on any atom is 0.0888 e. The van der Waals surface area contributed by atoms with Crippen LogP contribution < -0.4 is 0 Å². The lowest BCUT2D eigenvalue weighted by Gasteiger charge is -2.09. The maximum absolute atomic E-state index is 5.43. The van der Waals surface area contributed by atoms with Gasteiger partial charge < -0.3 is 4.52 Å². The molecule has 0 saturated carbocycles. The quantitative estimate of drug-likeness (QED) is 0.664. The van der Waals surface area contributed by atoms with Crippen molar-refractivity contribution in [3.8, 4) is 0 Å². The second-order valence-electron chi connectivity index (χ2n) is 2.76. The van der Waals surface area contributed by atoms with Gasteiger partial charge in [0.15, 0.2) is 0 Å². The molecule has 0 spiro atoms. The highest BCUT2D eigenvalue weighted by Crippen LogP contribution is 2.16. The monoisotopic (exact) mass is 183 g/mol. The Balaban J connectivity index is 2.25. The van der Waals surface area contributed by atoms with E-state index in [1.165, 1.54) is 5.56 Å². The largest absolute Gasteiger partial charge is 0.342 e. The molecule has 1 rings (SSSR count). The topological polar surface area (TPSA) is 12.5 Å². The fourth-order valence-electron chi connectivity index (χ4n) is 0.819. The molecule has 0 aromatic heterocycles. The third kappa shape index (κ3) is 3.82. The Labute approximate surface area is 75.5 Å². The van der Waals surface area contributed by atoms with E-state index in [1.807, 2.05) is 37.0 Å². The van der Waals surface area contributed by atoms with E-state index in [2.05, 4.69) is 12.1 Å². The summed E-state index contributed by atoms with van der Waals surface area (Å²) in [6, 6.07) is 10.2. The second-order valence-corrected chi connectivity index (χ2v) is 4.13. The van der Waals surface area contributed by atoms with Crippen molar-refractivity contribution in [3.05, 3.63) is 35.9 Å². The van der Waals surface area contributed by atoms with E-state index in [9.17, 15) is 0 Å². The third-order valence-electron chi connectivity index (χ3n) is 1.33. The van der Waals surface area contributed by atoms with Crippen LogP contribution in [0.25, 0.3) is 0 Å². The molecule has 0 amide bonds. The minimum absolute atomic E-state index is 0.448. The summed E-state index contributed by atoms with van der Waals surface area (Å²) in [4.78, 5) is 0. The molecular weight excluding hydrogens is 169 g/mol. The van der Waals surface area contributed by atoms with Gasteiger partial charge in [-0.1, -0.05) is 30.3 Å². The van der Waals surface area contributed by atoms with Gasteiger partial charge in [0.25, 0.3) is 0 Å². The molecular formula is C9H14NOP. The molecule has 0 aliphatic carbocycles. The second kappa shape index (κ2) is 5.26. The van der Waals surface area contributed by atoms with Crippen molar-refractivity contribution < 1.29 is 4.52 Å². The fourth-order valence-corrected chi connectivity index (χ4v) is 1.31. The van der Waals surface area contributed by atoms with Crippen LogP contribution in [0.3, 0.4) is 0 Å². The summed E-state index contributed by atoms with van der Waals surface area (Å²) in [5, 5.41) is 0. The Morgan fingerprint density at radius 3 is 2.50 bits per heavy atom. The number of hydrogen-bond acceptors (Lipinski definition) is 2. The molecule has 0 radical (unpaired) electrons. The van der Waals surface area contributed by atoms with Crippen molar-refractivity contribution in [3.63, 3.8) is 0 Å². The molecule has 12 heavy (non-hydrogen) atoms. The van der Waals surface area contributed by atoms with Crippen LogP contribution in [0.4, 0.5) is 0 Å². The van der Waals surface area contributed by atoms with Crippen LogP contribution in [0.2, 0.25) is 0 Å². The summed E-state index contributed by atoms with van der Waals surface area (Å²) in [5.41, 5.74) is 1.23. The lowest BCUT2D eigenvalue weighted by molar-refractivity contribution is 0.331. The first-order valence-corrected chi connectivity index (χ1v) is 4.73. The van der Waals surface area contributed by atoms with Gasteiger partial charge in [0.1, 0.15) is 0 Å². The average molecular weight is 183 g/mol. The van der Waals surface area contributed by atoms with Crippen molar-refractivity contribution in [2.75, 3.05) is 14.1 Å². The van der Waals surface area contributed by atoms with E-state index in [0.717, 1.165) is 0 Å². The van der Waals surface area contributed by atoms with Crippen LogP contribution in [-0.4, -0.2) is 18.8 Å². The van der Waals surface area contributed by atoms with E-state index >= 15 is 0 Å². The van der Waals surface area contributed by atoms with E-state index in [-0.39, 0.29) is 0 Å². The third-order valence-corrected chi connectivity index (χ3v) is 1.97. The minimum atomic E-state index is 0.448. The number of nitrogens with zero attached hydrogens (tertiary/aromatic N) is 1. The van der Waals surface area contributed by atoms with Gasteiger partial charge in [-0.25, -0.2) is 0 Å². The molecule has 0 aliphatic heterocycles. The van der Waals surface area contributed by atoms with Gasteiger partial charge in [-0.15, -0.1) is 0 Å². The first-order chi connectivity index (χ1) is 5.79. The highest BCUT2D eigenvalue weighted by atomic mass is 31.1. The molecule has 3 heteroatoms. The SMILES string of the molecule is CN(C)POCc1ccccc1. The minimum Gasteiger partial charge on any atom is -0.342 e. The molecule has 0 fully saturated rings. The van der Waals surface area contributed by atoms with E-state index < -0.39 is 0 Å². The molecule has 2 nitrogen and oxygen atoms in total. The van der Waals surface area contributed by atoms with Gasteiger partial charge >= 0.3 is 0 Å². The van der Waals surface area contributed by atoms with Gasteiger partial charge in [-0.2, -0.15) is 0 Å². The van der Waals surface area contributed by atoms with Crippen molar-refractivity contribution in [1.82, 2.24) is 4.67 Å². The smallest absolute Gasteiger partial charge is 0.0888 e. The first kappa shape index (κ1) is 9.66. The molecule has 0 bridgehead atoms. The molecule has 1 aromatic rings. The van der Waals surface area contributed by atoms with E-state index in [1.54, 1.807) is 0 Å². The molecule has 0 aliphatic rings. The first-order valence-electron chi connectivity index (χ1n) is 3.88. The highest BCUT2D eigenvalue weighted by Gasteiger charge is 1.92. The van der Waals surface area contributed by atoms with Gasteiger partial charge in [0.05, 0.1) is 15.6 Å². The number of hydrogen-bond donors (Lipinski definition) is 0. The normalized spacial score (nSPS) is 11.6. The van der Waals surface area contributed by atoms with Gasteiger partial charge in [-0.05, 0) is 19.7 Å². The molecule has 1 aromatic carbocycles. The Bertz CT molecular complexity index is 213. The summed E-state index contributed by atoms with van der Waals surface area (Å²) in [6.45, 7) is 0.706. The summed E-state index contributed by atoms with van der Waals surface area (Å²) >= 11 is 0. The standard InChI is InChI=1S/C9H14NOP/c1-10(2)12-11-8-9-6-4-3-5-7-9/h3-7,12H,8H2,1-2H3. The lowest BCUT2D eigenvalue weighted by atomic mass is 10.2. The van der Waals surface area contributed by atoms with Crippen molar-refractivity contribution in [2.45, 2.75) is 6.61 Å². The average Bonchev–Trinajstić information content (AvgIpc) is 2.05. The van der Waals surface area contributed by atoms with Crippen molar-refractivity contribution in [1.29, 1.82) is 0 Å². The van der Waals surface area contributed by atoms with Crippen LogP contribution in [-0.2, 0) is 11.1 Å². The molecule has 1 atom stereocenters.